The third-order valence-corrected chi connectivity index (χ3v) is 4.13. The zero-order valence-electron chi connectivity index (χ0n) is 11.3. The van der Waals surface area contributed by atoms with Crippen molar-refractivity contribution in [2.75, 3.05) is 0 Å². The van der Waals surface area contributed by atoms with Gasteiger partial charge in [0.2, 0.25) is 5.88 Å². The van der Waals surface area contributed by atoms with E-state index in [0.717, 1.165) is 30.5 Å². The number of nitrogens with zero attached hydrogens (tertiary/aromatic N) is 2. The molecule has 0 bridgehead atoms. The van der Waals surface area contributed by atoms with Crippen LogP contribution in [0.4, 0.5) is 0 Å². The molecule has 1 aliphatic rings. The Balaban J connectivity index is 2.22. The Morgan fingerprint density at radius 1 is 1.16 bits per heavy atom. The van der Waals surface area contributed by atoms with Crippen LogP contribution < -0.4 is 0 Å². The van der Waals surface area contributed by atoms with Crippen LogP contribution in [0.25, 0.3) is 0 Å². The smallest absolute Gasteiger partial charge is 0.217 e. The highest BCUT2D eigenvalue weighted by Crippen LogP contribution is 2.43. The van der Waals surface area contributed by atoms with Gasteiger partial charge < -0.3 is 5.11 Å². The summed E-state index contributed by atoms with van der Waals surface area (Å²) in [7, 11) is 0. The van der Waals surface area contributed by atoms with Crippen LogP contribution in [0.3, 0.4) is 0 Å². The van der Waals surface area contributed by atoms with Crippen molar-refractivity contribution in [3.05, 3.63) is 53.0 Å². The maximum absolute atomic E-state index is 10.1. The van der Waals surface area contributed by atoms with E-state index in [4.69, 9.17) is 0 Å². The van der Waals surface area contributed by atoms with Crippen molar-refractivity contribution in [1.29, 1.82) is 0 Å². The molecule has 0 saturated carbocycles. The van der Waals surface area contributed by atoms with Gasteiger partial charge in [-0.2, -0.15) is 4.98 Å². The van der Waals surface area contributed by atoms with Gasteiger partial charge in [0.15, 0.2) is 0 Å². The summed E-state index contributed by atoms with van der Waals surface area (Å²) in [5, 5.41) is 10.1. The van der Waals surface area contributed by atoms with Crippen LogP contribution in [0, 0.1) is 6.92 Å². The lowest BCUT2D eigenvalue weighted by atomic mass is 9.70. The minimum Gasteiger partial charge on any atom is -0.493 e. The number of aromatic nitrogens is 2. The van der Waals surface area contributed by atoms with Crippen molar-refractivity contribution in [2.24, 2.45) is 0 Å². The van der Waals surface area contributed by atoms with Crippen LogP contribution >= 0.6 is 0 Å². The number of hydrogen-bond donors (Lipinski definition) is 1. The first kappa shape index (κ1) is 12.2. The van der Waals surface area contributed by atoms with Gasteiger partial charge in [0.25, 0.3) is 0 Å². The molecule has 0 spiro atoms. The van der Waals surface area contributed by atoms with Gasteiger partial charge in [0.05, 0.1) is 5.69 Å². The van der Waals surface area contributed by atoms with E-state index in [9.17, 15) is 5.11 Å². The standard InChI is InChI=1S/C16H18N2O/c1-11-17-14-13(15(19)18-11)9-6-10-16(14,2)12-7-4-3-5-8-12/h3-5,7-8H,6,9-10H2,1-2H3,(H,17,18,19). The predicted molar refractivity (Wildman–Crippen MR) is 74.3 cm³/mol. The highest BCUT2D eigenvalue weighted by molar-refractivity contribution is 5.44. The predicted octanol–water partition coefficient (Wildman–Crippen LogP) is 3.13. The zero-order chi connectivity index (χ0) is 13.5. The third-order valence-electron chi connectivity index (χ3n) is 4.13. The first-order valence-electron chi connectivity index (χ1n) is 6.74. The summed E-state index contributed by atoms with van der Waals surface area (Å²) in [4.78, 5) is 8.72. The summed E-state index contributed by atoms with van der Waals surface area (Å²) < 4.78 is 0. The molecule has 1 aromatic heterocycles. The normalized spacial score (nSPS) is 22.0. The molecule has 1 atom stereocenters. The molecule has 3 rings (SSSR count). The van der Waals surface area contributed by atoms with Crippen LogP contribution in [-0.2, 0) is 11.8 Å². The van der Waals surface area contributed by atoms with E-state index < -0.39 is 0 Å². The molecule has 2 aromatic rings. The molecule has 0 aliphatic heterocycles. The fourth-order valence-electron chi connectivity index (χ4n) is 3.09. The van der Waals surface area contributed by atoms with E-state index in [1.54, 1.807) is 0 Å². The minimum absolute atomic E-state index is 0.125. The molecule has 3 nitrogen and oxygen atoms in total. The van der Waals surface area contributed by atoms with E-state index in [1.165, 1.54) is 5.56 Å². The van der Waals surface area contributed by atoms with Crippen molar-refractivity contribution in [2.45, 2.75) is 38.5 Å². The molecule has 1 aromatic carbocycles. The molecule has 0 radical (unpaired) electrons. The number of fused-ring (bicyclic) bond motifs is 1. The average Bonchev–Trinajstić information content (AvgIpc) is 2.41. The molecule has 19 heavy (non-hydrogen) atoms. The second-order valence-electron chi connectivity index (χ2n) is 5.47. The fraction of sp³-hybridized carbons (Fsp3) is 0.375. The van der Waals surface area contributed by atoms with E-state index in [-0.39, 0.29) is 11.3 Å². The SMILES string of the molecule is Cc1nc(O)c2c(n1)C(C)(c1ccccc1)CCC2. The summed E-state index contributed by atoms with van der Waals surface area (Å²) in [6, 6.07) is 10.4. The maximum atomic E-state index is 10.1. The van der Waals surface area contributed by atoms with Crippen LogP contribution in [0.5, 0.6) is 5.88 Å². The van der Waals surface area contributed by atoms with Crippen LogP contribution in [0.2, 0.25) is 0 Å². The molecule has 1 unspecified atom stereocenters. The van der Waals surface area contributed by atoms with Crippen molar-refractivity contribution < 1.29 is 5.11 Å². The summed E-state index contributed by atoms with van der Waals surface area (Å²) in [6.45, 7) is 4.05. The largest absolute Gasteiger partial charge is 0.493 e. The number of aromatic hydroxyl groups is 1. The van der Waals surface area contributed by atoms with Crippen LogP contribution in [0.15, 0.2) is 30.3 Å². The number of hydrogen-bond acceptors (Lipinski definition) is 3. The van der Waals surface area contributed by atoms with Gasteiger partial charge in [-0.05, 0) is 38.7 Å². The first-order chi connectivity index (χ1) is 9.11. The molecule has 0 saturated heterocycles. The zero-order valence-corrected chi connectivity index (χ0v) is 11.3. The lowest BCUT2D eigenvalue weighted by Gasteiger charge is -2.35. The van der Waals surface area contributed by atoms with Crippen LogP contribution in [0.1, 0.15) is 42.4 Å². The molecule has 3 heteroatoms. The monoisotopic (exact) mass is 254 g/mol. The molecular weight excluding hydrogens is 236 g/mol. The minimum atomic E-state index is -0.125. The van der Waals surface area contributed by atoms with Crippen LogP contribution in [-0.4, -0.2) is 15.1 Å². The molecule has 1 aliphatic carbocycles. The molecule has 98 valence electrons. The summed E-state index contributed by atoms with van der Waals surface area (Å²) >= 11 is 0. The summed E-state index contributed by atoms with van der Waals surface area (Å²) in [6.07, 6.45) is 2.97. The fourth-order valence-corrected chi connectivity index (χ4v) is 3.09. The summed E-state index contributed by atoms with van der Waals surface area (Å²) in [5.74, 6) is 0.796. The Bertz CT molecular complexity index is 610. The van der Waals surface area contributed by atoms with Gasteiger partial charge in [-0.3, -0.25) is 0 Å². The molecular formula is C16H18N2O. The maximum Gasteiger partial charge on any atom is 0.217 e. The van der Waals surface area contributed by atoms with E-state index >= 15 is 0 Å². The molecule has 0 amide bonds. The van der Waals surface area contributed by atoms with Crippen molar-refractivity contribution in [3.8, 4) is 5.88 Å². The lowest BCUT2D eigenvalue weighted by molar-refractivity contribution is 0.401. The van der Waals surface area contributed by atoms with Crippen molar-refractivity contribution >= 4 is 0 Å². The highest BCUT2D eigenvalue weighted by Gasteiger charge is 2.37. The quantitative estimate of drug-likeness (QED) is 0.850. The Labute approximate surface area is 113 Å². The Kier molecular flexibility index (Phi) is 2.77. The van der Waals surface area contributed by atoms with Gasteiger partial charge in [-0.15, -0.1) is 0 Å². The van der Waals surface area contributed by atoms with Crippen molar-refractivity contribution in [1.82, 2.24) is 9.97 Å². The second-order valence-corrected chi connectivity index (χ2v) is 5.47. The Hall–Kier alpha value is -1.90. The van der Waals surface area contributed by atoms with Crippen molar-refractivity contribution in [3.63, 3.8) is 0 Å². The van der Waals surface area contributed by atoms with E-state index in [0.29, 0.717) is 5.82 Å². The second kappa shape index (κ2) is 4.34. The first-order valence-corrected chi connectivity index (χ1v) is 6.74. The lowest BCUT2D eigenvalue weighted by Crippen LogP contribution is -2.31. The number of rotatable bonds is 1. The third kappa shape index (κ3) is 1.89. The van der Waals surface area contributed by atoms with Gasteiger partial charge in [0.1, 0.15) is 5.82 Å². The Morgan fingerprint density at radius 2 is 1.89 bits per heavy atom. The number of benzene rings is 1. The van der Waals surface area contributed by atoms with Gasteiger partial charge in [-0.25, -0.2) is 4.98 Å². The molecule has 1 N–H and O–H groups in total. The van der Waals surface area contributed by atoms with Gasteiger partial charge in [-0.1, -0.05) is 30.3 Å². The van der Waals surface area contributed by atoms with Gasteiger partial charge >= 0.3 is 0 Å². The Morgan fingerprint density at radius 3 is 2.63 bits per heavy atom. The number of aryl methyl sites for hydroxylation is 1. The van der Waals surface area contributed by atoms with E-state index in [2.05, 4.69) is 41.2 Å². The average molecular weight is 254 g/mol. The van der Waals surface area contributed by atoms with Gasteiger partial charge in [0, 0.05) is 11.0 Å². The summed E-state index contributed by atoms with van der Waals surface area (Å²) in [5.41, 5.74) is 3.05. The van der Waals surface area contributed by atoms with E-state index in [1.807, 2.05) is 13.0 Å². The highest BCUT2D eigenvalue weighted by atomic mass is 16.3. The molecule has 1 heterocycles. The molecule has 0 fully saturated rings. The topological polar surface area (TPSA) is 46.0 Å².